The Hall–Kier alpha value is -3.51. The number of amides is 2. The quantitative estimate of drug-likeness (QED) is 0.352. The van der Waals surface area contributed by atoms with Gasteiger partial charge in [0.05, 0.1) is 16.9 Å². The van der Waals surface area contributed by atoms with E-state index in [1.165, 1.54) is 51.9 Å². The molecule has 0 saturated carbocycles. The first-order valence-corrected chi connectivity index (χ1v) is 11.4. The van der Waals surface area contributed by atoms with Crippen molar-refractivity contribution in [3.63, 3.8) is 0 Å². The van der Waals surface area contributed by atoms with Gasteiger partial charge in [0.15, 0.2) is 5.76 Å². The van der Waals surface area contributed by atoms with Crippen LogP contribution in [-0.2, 0) is 14.8 Å². The lowest BCUT2D eigenvalue weighted by Crippen LogP contribution is -2.51. The first-order chi connectivity index (χ1) is 15.3. The average Bonchev–Trinajstić information content (AvgIpc) is 3.32. The molecule has 170 valence electrons. The normalized spacial score (nSPS) is 15.1. The minimum absolute atomic E-state index is 0.0528. The molecule has 0 atom stereocenters. The van der Waals surface area contributed by atoms with Gasteiger partial charge in [0.1, 0.15) is 0 Å². The van der Waals surface area contributed by atoms with Gasteiger partial charge in [0.25, 0.3) is 11.6 Å². The maximum atomic E-state index is 12.5. The van der Waals surface area contributed by atoms with Crippen molar-refractivity contribution in [2.75, 3.05) is 38.5 Å². The molecule has 1 aromatic carbocycles. The third-order valence-electron chi connectivity index (χ3n) is 4.84. The van der Waals surface area contributed by atoms with Crippen molar-refractivity contribution in [3.8, 4) is 0 Å². The smallest absolute Gasteiger partial charge is 0.289 e. The molecule has 1 saturated heterocycles. The van der Waals surface area contributed by atoms with Gasteiger partial charge in [-0.25, -0.2) is 8.42 Å². The van der Waals surface area contributed by atoms with Crippen LogP contribution in [0.4, 0.5) is 5.69 Å². The summed E-state index contributed by atoms with van der Waals surface area (Å²) in [5, 5.41) is 13.1. The highest BCUT2D eigenvalue weighted by Crippen LogP contribution is 2.13. The van der Waals surface area contributed by atoms with Crippen molar-refractivity contribution in [1.29, 1.82) is 0 Å². The second kappa shape index (κ2) is 10.2. The molecule has 0 bridgehead atoms. The summed E-state index contributed by atoms with van der Waals surface area (Å²) in [4.78, 5) is 35.8. The van der Waals surface area contributed by atoms with Gasteiger partial charge >= 0.3 is 0 Å². The van der Waals surface area contributed by atoms with Crippen molar-refractivity contribution < 1.29 is 27.3 Å². The molecule has 0 radical (unpaired) electrons. The highest BCUT2D eigenvalue weighted by molar-refractivity contribution is 7.89. The summed E-state index contributed by atoms with van der Waals surface area (Å²) in [7, 11) is -3.59. The second-order valence-corrected chi connectivity index (χ2v) is 9.05. The van der Waals surface area contributed by atoms with E-state index in [1.807, 2.05) is 0 Å². The lowest BCUT2D eigenvalue weighted by atomic mass is 10.2. The molecule has 12 heteroatoms. The van der Waals surface area contributed by atoms with Crippen molar-refractivity contribution >= 4 is 33.6 Å². The number of sulfonamides is 1. The first kappa shape index (κ1) is 23.2. The van der Waals surface area contributed by atoms with Gasteiger partial charge in [-0.1, -0.05) is 0 Å². The Morgan fingerprint density at radius 3 is 2.41 bits per heavy atom. The van der Waals surface area contributed by atoms with E-state index in [-0.39, 0.29) is 55.8 Å². The standard InChI is InChI=1S/C20H22N4O7S/c25-19(8-5-16-3-6-17(7-4-16)24(27)28)21-9-15-32(29,30)23-12-10-22(11-13-23)20(26)18-2-1-14-31-18/h1-8,14H,9-13,15H2,(H,21,25)/b8-5-. The third-order valence-corrected chi connectivity index (χ3v) is 6.71. The van der Waals surface area contributed by atoms with Crippen LogP contribution in [-0.4, -0.2) is 72.8 Å². The highest BCUT2D eigenvalue weighted by Gasteiger charge is 2.29. The number of nitrogens with one attached hydrogen (secondary N) is 1. The number of hydrogen-bond donors (Lipinski definition) is 1. The number of rotatable bonds is 8. The Labute approximate surface area is 184 Å². The number of carbonyl (C=O) groups excluding carboxylic acids is 2. The zero-order valence-corrected chi connectivity index (χ0v) is 17.9. The highest BCUT2D eigenvalue weighted by atomic mass is 32.2. The lowest BCUT2D eigenvalue weighted by molar-refractivity contribution is -0.384. The van der Waals surface area contributed by atoms with Crippen LogP contribution < -0.4 is 5.32 Å². The molecule has 0 unspecified atom stereocenters. The molecule has 0 aliphatic carbocycles. The molecule has 1 fully saturated rings. The van der Waals surface area contributed by atoms with E-state index >= 15 is 0 Å². The molecular weight excluding hydrogens is 440 g/mol. The van der Waals surface area contributed by atoms with Gasteiger partial charge < -0.3 is 14.6 Å². The molecule has 1 aliphatic rings. The van der Waals surface area contributed by atoms with Crippen molar-refractivity contribution in [2.24, 2.45) is 0 Å². The molecule has 0 spiro atoms. The molecule has 1 N–H and O–H groups in total. The maximum Gasteiger partial charge on any atom is 0.289 e. The first-order valence-electron chi connectivity index (χ1n) is 9.77. The predicted octanol–water partition coefficient (Wildman–Crippen LogP) is 1.10. The van der Waals surface area contributed by atoms with E-state index in [1.54, 1.807) is 12.1 Å². The number of furan rings is 1. The largest absolute Gasteiger partial charge is 0.459 e. The summed E-state index contributed by atoms with van der Waals surface area (Å²) in [5.74, 6) is -0.812. The molecule has 11 nitrogen and oxygen atoms in total. The Morgan fingerprint density at radius 1 is 1.12 bits per heavy atom. The van der Waals surface area contributed by atoms with Crippen LogP contribution in [0.3, 0.4) is 0 Å². The molecule has 32 heavy (non-hydrogen) atoms. The van der Waals surface area contributed by atoms with E-state index in [9.17, 15) is 28.1 Å². The van der Waals surface area contributed by atoms with Crippen molar-refractivity contribution in [2.45, 2.75) is 0 Å². The van der Waals surface area contributed by atoms with Crippen molar-refractivity contribution in [1.82, 2.24) is 14.5 Å². The number of nitrogens with zero attached hydrogens (tertiary/aromatic N) is 3. The number of benzene rings is 1. The summed E-state index contributed by atoms with van der Waals surface area (Å²) in [6, 6.07) is 8.83. The predicted molar refractivity (Wildman–Crippen MR) is 115 cm³/mol. The van der Waals surface area contributed by atoms with Crippen LogP contribution in [0.2, 0.25) is 0 Å². The lowest BCUT2D eigenvalue weighted by Gasteiger charge is -2.33. The molecule has 2 heterocycles. The number of nitro groups is 1. The summed E-state index contributed by atoms with van der Waals surface area (Å²) in [6.07, 6.45) is 4.11. The monoisotopic (exact) mass is 462 g/mol. The van der Waals surface area contributed by atoms with Gasteiger partial charge in [-0.15, -0.1) is 0 Å². The fourth-order valence-electron chi connectivity index (χ4n) is 3.10. The molecule has 1 aliphatic heterocycles. The third kappa shape index (κ3) is 6.02. The van der Waals surface area contributed by atoms with E-state index in [4.69, 9.17) is 4.42 Å². The Bertz CT molecular complexity index is 1090. The minimum atomic E-state index is -3.59. The number of hydrogen-bond acceptors (Lipinski definition) is 7. The van der Waals surface area contributed by atoms with Gasteiger partial charge in [0.2, 0.25) is 15.9 Å². The summed E-state index contributed by atoms with van der Waals surface area (Å²) >= 11 is 0. The number of nitro benzene ring substituents is 1. The zero-order valence-electron chi connectivity index (χ0n) is 17.0. The summed E-state index contributed by atoms with van der Waals surface area (Å²) in [5.41, 5.74) is 0.545. The molecular formula is C20H22N4O7S. The summed E-state index contributed by atoms with van der Waals surface area (Å²) in [6.45, 7) is 0.773. The Balaban J connectivity index is 1.42. The summed E-state index contributed by atoms with van der Waals surface area (Å²) < 4.78 is 31.4. The Kier molecular flexibility index (Phi) is 7.38. The number of carbonyl (C=O) groups is 2. The number of piperazine rings is 1. The fraction of sp³-hybridized carbons (Fsp3) is 0.300. The van der Waals surface area contributed by atoms with E-state index in [0.29, 0.717) is 5.56 Å². The maximum absolute atomic E-state index is 12.5. The Morgan fingerprint density at radius 2 is 1.81 bits per heavy atom. The van der Waals surface area contributed by atoms with Crippen LogP contribution in [0.15, 0.2) is 53.2 Å². The average molecular weight is 462 g/mol. The second-order valence-electron chi connectivity index (χ2n) is 6.96. The fourth-order valence-corrected chi connectivity index (χ4v) is 4.43. The van der Waals surface area contributed by atoms with Crippen LogP contribution >= 0.6 is 0 Å². The van der Waals surface area contributed by atoms with Crippen LogP contribution in [0.25, 0.3) is 6.08 Å². The van der Waals surface area contributed by atoms with E-state index < -0.39 is 20.9 Å². The molecule has 1 aromatic heterocycles. The zero-order chi connectivity index (χ0) is 23.1. The van der Waals surface area contributed by atoms with Crippen LogP contribution in [0.5, 0.6) is 0 Å². The minimum Gasteiger partial charge on any atom is -0.459 e. The van der Waals surface area contributed by atoms with Gasteiger partial charge in [-0.2, -0.15) is 4.31 Å². The van der Waals surface area contributed by atoms with Gasteiger partial charge in [0, 0.05) is 50.9 Å². The van der Waals surface area contributed by atoms with E-state index in [2.05, 4.69) is 5.32 Å². The topological polar surface area (TPSA) is 143 Å². The SMILES string of the molecule is O=C(/C=C\c1ccc([N+](=O)[O-])cc1)NCCS(=O)(=O)N1CCN(C(=O)c2ccco2)CC1. The molecule has 2 aromatic rings. The molecule has 3 rings (SSSR count). The van der Waals surface area contributed by atoms with Crippen LogP contribution in [0, 0.1) is 10.1 Å². The van der Waals surface area contributed by atoms with Crippen LogP contribution in [0.1, 0.15) is 16.1 Å². The van der Waals surface area contributed by atoms with Gasteiger partial charge in [-0.05, 0) is 35.9 Å². The number of non-ortho nitro benzene ring substituents is 1. The van der Waals surface area contributed by atoms with E-state index in [0.717, 1.165) is 0 Å². The van der Waals surface area contributed by atoms with Crippen molar-refractivity contribution in [3.05, 3.63) is 70.2 Å². The van der Waals surface area contributed by atoms with Gasteiger partial charge in [-0.3, -0.25) is 19.7 Å². The molecule has 2 amide bonds.